The molecule has 1 heterocycles. The molecule has 0 unspecified atom stereocenters. The summed E-state index contributed by atoms with van der Waals surface area (Å²) in [7, 11) is 0. The van der Waals surface area contributed by atoms with Crippen LogP contribution in [0.2, 0.25) is 0 Å². The van der Waals surface area contributed by atoms with Crippen LogP contribution in [-0.2, 0) is 0 Å². The van der Waals surface area contributed by atoms with E-state index in [1.54, 1.807) is 0 Å². The highest BCUT2D eigenvalue weighted by atomic mass is 16.6. The minimum Gasteiger partial charge on any atom is -0.498 e. The Labute approximate surface area is 80.6 Å². The maximum Gasteiger partial charge on any atom is 0.496 e. The van der Waals surface area contributed by atoms with E-state index in [0.717, 1.165) is 0 Å². The van der Waals surface area contributed by atoms with E-state index in [1.165, 1.54) is 0 Å². The van der Waals surface area contributed by atoms with Crippen LogP contribution in [0.15, 0.2) is 0 Å². The minimum absolute atomic E-state index is 0.524. The van der Waals surface area contributed by atoms with Crippen molar-refractivity contribution in [2.45, 2.75) is 0 Å². The average Bonchev–Trinajstić information content (AvgIpc) is 2.44. The molecular formula is C4H3N7O4. The van der Waals surface area contributed by atoms with Crippen LogP contribution in [-0.4, -0.2) is 30.8 Å². The maximum absolute atomic E-state index is 10.4. The summed E-state index contributed by atoms with van der Waals surface area (Å²) in [5.41, 5.74) is 12.4. The molecule has 0 aliphatic carbocycles. The molecule has 11 nitrogen and oxygen atoms in total. The summed E-state index contributed by atoms with van der Waals surface area (Å²) in [6, 6.07) is 0. The summed E-state index contributed by atoms with van der Waals surface area (Å²) in [6.07, 6.45) is 0.593. The Hall–Kier alpha value is -2.81. The lowest BCUT2D eigenvalue weighted by Gasteiger charge is -1.85. The van der Waals surface area contributed by atoms with Crippen LogP contribution in [0.3, 0.4) is 0 Å². The first-order chi connectivity index (χ1) is 6.99. The summed E-state index contributed by atoms with van der Waals surface area (Å²) in [5.74, 6) is -1.61. The van der Waals surface area contributed by atoms with E-state index in [4.69, 9.17) is 11.3 Å². The highest BCUT2D eigenvalue weighted by Crippen LogP contribution is 2.30. The van der Waals surface area contributed by atoms with Gasteiger partial charge in [0, 0.05) is 4.68 Å². The van der Waals surface area contributed by atoms with Gasteiger partial charge in [-0.3, -0.25) is 10.1 Å². The van der Waals surface area contributed by atoms with Gasteiger partial charge in [-0.05, 0) is 4.92 Å². The number of hydrogen-bond acceptors (Lipinski definition) is 6. The molecule has 0 amide bonds. The Morgan fingerprint density at radius 3 is 2.40 bits per heavy atom. The zero-order valence-electron chi connectivity index (χ0n) is 6.97. The van der Waals surface area contributed by atoms with Crippen molar-refractivity contribution in [2.75, 3.05) is 5.73 Å². The number of aromatic nitrogens is 2. The standard InChI is InChI=1S/C4H3N7O4/c5-3-2(10(12)13)4(11(14)15)8-9(3)1-7-6/h1H,5H2. The van der Waals surface area contributed by atoms with Gasteiger partial charge in [-0.15, -0.1) is 0 Å². The normalized spacial score (nSPS) is 9.33. The number of rotatable bonds is 3. The Balaban J connectivity index is 3.52. The molecule has 0 atom stereocenters. The van der Waals surface area contributed by atoms with Crippen LogP contribution >= 0.6 is 0 Å². The monoisotopic (exact) mass is 213 g/mol. The molecule has 0 radical (unpaired) electrons. The second kappa shape index (κ2) is 3.51. The second-order valence-electron chi connectivity index (χ2n) is 2.25. The summed E-state index contributed by atoms with van der Waals surface area (Å²) in [5, 5.41) is 23.9. The predicted molar refractivity (Wildman–Crippen MR) is 45.0 cm³/mol. The molecule has 0 saturated carbocycles. The molecule has 78 valence electrons. The Morgan fingerprint density at radius 2 is 2.07 bits per heavy atom. The summed E-state index contributed by atoms with van der Waals surface area (Å²) < 4.78 is 0.524. The molecule has 1 aromatic rings. The van der Waals surface area contributed by atoms with Gasteiger partial charge in [0.1, 0.15) is 0 Å². The van der Waals surface area contributed by atoms with E-state index in [0.29, 0.717) is 11.0 Å². The minimum atomic E-state index is -1.06. The third kappa shape index (κ3) is 1.62. The quantitative estimate of drug-likeness (QED) is 0.175. The highest BCUT2D eigenvalue weighted by Gasteiger charge is 2.40. The van der Waals surface area contributed by atoms with Gasteiger partial charge in [-0.2, -0.15) is 0 Å². The van der Waals surface area contributed by atoms with Crippen molar-refractivity contribution >= 4 is 23.7 Å². The summed E-state index contributed by atoms with van der Waals surface area (Å²) >= 11 is 0. The largest absolute Gasteiger partial charge is 0.498 e. The smallest absolute Gasteiger partial charge is 0.496 e. The molecule has 0 spiro atoms. The fourth-order valence-corrected chi connectivity index (χ4v) is 0.861. The molecular weight excluding hydrogens is 210 g/mol. The summed E-state index contributed by atoms with van der Waals surface area (Å²) in [4.78, 5) is 21.2. The molecule has 0 bridgehead atoms. The van der Waals surface area contributed by atoms with Gasteiger partial charge in [0.05, 0.1) is 4.92 Å². The highest BCUT2D eigenvalue weighted by molar-refractivity contribution is 5.71. The number of nitrogen functional groups attached to an aromatic ring is 1. The van der Waals surface area contributed by atoms with Crippen molar-refractivity contribution < 1.29 is 14.6 Å². The Morgan fingerprint density at radius 1 is 1.47 bits per heavy atom. The van der Waals surface area contributed by atoms with Gasteiger partial charge < -0.3 is 26.2 Å². The molecule has 0 saturated heterocycles. The molecule has 1 aromatic heterocycles. The first-order valence-corrected chi connectivity index (χ1v) is 3.33. The Bertz CT molecular complexity index is 483. The van der Waals surface area contributed by atoms with Gasteiger partial charge in [-0.25, -0.2) is 0 Å². The van der Waals surface area contributed by atoms with Crippen molar-refractivity contribution in [2.24, 2.45) is 0 Å². The van der Waals surface area contributed by atoms with E-state index in [9.17, 15) is 20.2 Å². The topological polar surface area (TPSA) is 167 Å². The number of hydrogen-bond donors (Lipinski definition) is 1. The molecule has 1 rings (SSSR count). The first kappa shape index (κ1) is 10.3. The Kier molecular flexibility index (Phi) is 2.40. The van der Waals surface area contributed by atoms with Crippen molar-refractivity contribution in [3.63, 3.8) is 0 Å². The number of nitrogens with two attached hydrogens (primary N) is 1. The van der Waals surface area contributed by atoms with Gasteiger partial charge in [0.15, 0.2) is 5.10 Å². The number of anilines is 1. The second-order valence-corrected chi connectivity index (χ2v) is 2.25. The zero-order chi connectivity index (χ0) is 11.6. The van der Waals surface area contributed by atoms with Crippen LogP contribution in [0.1, 0.15) is 0 Å². The third-order valence-corrected chi connectivity index (χ3v) is 1.42. The molecule has 0 fully saturated rings. The van der Waals surface area contributed by atoms with E-state index in [1.807, 2.05) is 0 Å². The number of nitrogens with zero attached hydrogens (tertiary/aromatic N) is 6. The molecule has 0 aliphatic rings. The predicted octanol–water partition coefficient (Wildman–Crippen LogP) is -0.612. The van der Waals surface area contributed by atoms with E-state index in [2.05, 4.69) is 9.89 Å². The van der Waals surface area contributed by atoms with Gasteiger partial charge in [0.2, 0.25) is 0 Å². The van der Waals surface area contributed by atoms with Crippen LogP contribution in [0.25, 0.3) is 5.53 Å². The molecule has 2 N–H and O–H groups in total. The number of nitro groups is 2. The molecule has 15 heavy (non-hydrogen) atoms. The molecule has 11 heteroatoms. The first-order valence-electron chi connectivity index (χ1n) is 3.33. The van der Waals surface area contributed by atoms with Crippen molar-refractivity contribution in [3.05, 3.63) is 25.8 Å². The van der Waals surface area contributed by atoms with Crippen LogP contribution < -0.4 is 5.73 Å². The molecule has 0 aliphatic heterocycles. The fourth-order valence-electron chi connectivity index (χ4n) is 0.861. The lowest BCUT2D eigenvalue weighted by Crippen LogP contribution is -2.04. The van der Waals surface area contributed by atoms with Gasteiger partial charge in [-0.1, -0.05) is 0 Å². The SMILES string of the molecule is [N-]=[N+]=Cn1nc([N+](=O)[O-])c([N+](=O)[O-])c1N. The lowest BCUT2D eigenvalue weighted by molar-refractivity contribution is -0.424. The van der Waals surface area contributed by atoms with Gasteiger partial charge >= 0.3 is 23.7 Å². The van der Waals surface area contributed by atoms with Crippen LogP contribution in [0.4, 0.5) is 17.3 Å². The van der Waals surface area contributed by atoms with E-state index in [-0.39, 0.29) is 0 Å². The maximum atomic E-state index is 10.4. The van der Waals surface area contributed by atoms with Gasteiger partial charge in [0.25, 0.3) is 0 Å². The average molecular weight is 213 g/mol. The van der Waals surface area contributed by atoms with Crippen LogP contribution in [0, 0.1) is 20.2 Å². The summed E-state index contributed by atoms with van der Waals surface area (Å²) in [6.45, 7) is 0. The van der Waals surface area contributed by atoms with Crippen LogP contribution in [0.5, 0.6) is 0 Å². The zero-order valence-corrected chi connectivity index (χ0v) is 6.97. The fraction of sp³-hybridized carbons (Fsp3) is 0. The van der Waals surface area contributed by atoms with Crippen molar-refractivity contribution in [3.8, 4) is 0 Å². The van der Waals surface area contributed by atoms with Crippen molar-refractivity contribution in [1.29, 1.82) is 0 Å². The molecule has 0 aromatic carbocycles. The third-order valence-electron chi connectivity index (χ3n) is 1.42. The van der Waals surface area contributed by atoms with E-state index < -0.39 is 27.2 Å². The lowest BCUT2D eigenvalue weighted by atomic mass is 10.5. The van der Waals surface area contributed by atoms with Crippen molar-refractivity contribution in [1.82, 2.24) is 9.78 Å². The van der Waals surface area contributed by atoms with E-state index >= 15 is 0 Å².